The van der Waals surface area contributed by atoms with Crippen LogP contribution in [0, 0.1) is 0 Å². The van der Waals surface area contributed by atoms with E-state index in [1.54, 1.807) is 0 Å². The van der Waals surface area contributed by atoms with E-state index >= 15 is 0 Å². The molecule has 1 fully saturated rings. The average Bonchev–Trinajstić information content (AvgIpc) is 3.47. The Morgan fingerprint density at radius 3 is 2.37 bits per heavy atom. The lowest BCUT2D eigenvalue weighted by atomic mass is 10.2. The van der Waals surface area contributed by atoms with Gasteiger partial charge in [0.25, 0.3) is 0 Å². The van der Waals surface area contributed by atoms with Crippen LogP contribution in [0.25, 0.3) is 17.0 Å². The second kappa shape index (κ2) is 6.68. The van der Waals surface area contributed by atoms with E-state index in [-0.39, 0.29) is 11.9 Å². The number of nitrogens with zero attached hydrogens (tertiary/aromatic N) is 5. The molecule has 5 rings (SSSR count). The summed E-state index contributed by atoms with van der Waals surface area (Å²) in [4.78, 5) is 17.5. The molecule has 1 saturated carbocycles. The molecule has 0 amide bonds. The average molecular weight is 411 g/mol. The molecule has 2 aromatic heterocycles. The summed E-state index contributed by atoms with van der Waals surface area (Å²) >= 11 is 0. The molecular formula is C20H16F3N7. The summed E-state index contributed by atoms with van der Waals surface area (Å²) in [6.45, 7) is 0. The maximum Gasteiger partial charge on any atom is 0.416 e. The van der Waals surface area contributed by atoms with Crippen LogP contribution in [0.4, 0.5) is 30.8 Å². The Morgan fingerprint density at radius 1 is 0.933 bits per heavy atom. The first-order valence-electron chi connectivity index (χ1n) is 9.32. The summed E-state index contributed by atoms with van der Waals surface area (Å²) in [5.74, 6) is 1.64. The van der Waals surface area contributed by atoms with Crippen LogP contribution in [-0.2, 0) is 6.18 Å². The van der Waals surface area contributed by atoms with Gasteiger partial charge in [0.2, 0.25) is 17.8 Å². The molecule has 152 valence electrons. The van der Waals surface area contributed by atoms with E-state index in [0.29, 0.717) is 17.6 Å². The lowest BCUT2D eigenvalue weighted by Gasteiger charge is -2.11. The van der Waals surface area contributed by atoms with Gasteiger partial charge in [0.1, 0.15) is 5.82 Å². The Labute approximate surface area is 168 Å². The molecule has 4 aromatic rings. The van der Waals surface area contributed by atoms with Crippen LogP contribution >= 0.6 is 0 Å². The largest absolute Gasteiger partial charge is 0.416 e. The van der Waals surface area contributed by atoms with Crippen LogP contribution < -0.4 is 11.1 Å². The maximum atomic E-state index is 12.8. The van der Waals surface area contributed by atoms with Crippen LogP contribution in [-0.4, -0.2) is 24.5 Å². The van der Waals surface area contributed by atoms with Crippen molar-refractivity contribution in [2.75, 3.05) is 11.1 Å². The highest BCUT2D eigenvalue weighted by Crippen LogP contribution is 2.41. The van der Waals surface area contributed by atoms with Gasteiger partial charge in [-0.25, -0.2) is 4.98 Å². The van der Waals surface area contributed by atoms with Gasteiger partial charge < -0.3 is 11.1 Å². The van der Waals surface area contributed by atoms with Crippen molar-refractivity contribution in [2.45, 2.75) is 24.9 Å². The normalized spacial score (nSPS) is 14.2. The molecule has 0 aliphatic heterocycles. The Hall–Kier alpha value is -3.69. The SMILES string of the molecule is Nc1nc(Nc2ccc(C(F)(F)F)cc2)nc(-n2c(C3CC3)nc3ccccc32)n1. The van der Waals surface area contributed by atoms with Gasteiger partial charge in [-0.05, 0) is 49.2 Å². The predicted octanol–water partition coefficient (Wildman–Crippen LogP) is 4.43. The first-order valence-corrected chi connectivity index (χ1v) is 9.32. The molecule has 3 N–H and O–H groups in total. The zero-order valence-electron chi connectivity index (χ0n) is 15.6. The van der Waals surface area contributed by atoms with E-state index in [0.717, 1.165) is 41.8 Å². The van der Waals surface area contributed by atoms with Gasteiger partial charge in [-0.15, -0.1) is 0 Å². The number of aromatic nitrogens is 5. The van der Waals surface area contributed by atoms with Crippen LogP contribution in [0.5, 0.6) is 0 Å². The van der Waals surface area contributed by atoms with E-state index in [2.05, 4.69) is 20.3 Å². The zero-order chi connectivity index (χ0) is 20.9. The fourth-order valence-corrected chi connectivity index (χ4v) is 3.28. The Balaban J connectivity index is 1.53. The number of nitrogen functional groups attached to an aromatic ring is 1. The van der Waals surface area contributed by atoms with Crippen molar-refractivity contribution in [1.29, 1.82) is 0 Å². The quantitative estimate of drug-likeness (QED) is 0.516. The van der Waals surface area contributed by atoms with Gasteiger partial charge in [0.15, 0.2) is 0 Å². The minimum atomic E-state index is -4.40. The number of nitrogens with two attached hydrogens (primary N) is 1. The number of fused-ring (bicyclic) bond motifs is 1. The van der Waals surface area contributed by atoms with Crippen molar-refractivity contribution in [3.8, 4) is 5.95 Å². The fourth-order valence-electron chi connectivity index (χ4n) is 3.28. The number of halogens is 3. The highest BCUT2D eigenvalue weighted by Gasteiger charge is 2.31. The molecule has 10 heteroatoms. The minimum Gasteiger partial charge on any atom is -0.368 e. The first-order chi connectivity index (χ1) is 14.4. The molecular weight excluding hydrogens is 395 g/mol. The van der Waals surface area contributed by atoms with E-state index in [4.69, 9.17) is 10.7 Å². The third-order valence-electron chi connectivity index (χ3n) is 4.84. The molecule has 2 heterocycles. The number of alkyl halides is 3. The summed E-state index contributed by atoms with van der Waals surface area (Å²) in [5, 5.41) is 2.89. The number of para-hydroxylation sites is 2. The highest BCUT2D eigenvalue weighted by atomic mass is 19.4. The summed E-state index contributed by atoms with van der Waals surface area (Å²) in [6, 6.07) is 12.3. The second-order valence-electron chi connectivity index (χ2n) is 7.09. The number of benzene rings is 2. The molecule has 1 aliphatic carbocycles. The zero-order valence-corrected chi connectivity index (χ0v) is 15.6. The molecule has 0 atom stereocenters. The van der Waals surface area contributed by atoms with Crippen molar-refractivity contribution in [1.82, 2.24) is 24.5 Å². The number of imidazole rings is 1. The molecule has 2 aromatic carbocycles. The van der Waals surface area contributed by atoms with E-state index in [1.165, 1.54) is 12.1 Å². The summed E-state index contributed by atoms with van der Waals surface area (Å²) in [6.07, 6.45) is -2.31. The molecule has 0 unspecified atom stereocenters. The van der Waals surface area contributed by atoms with Gasteiger partial charge in [-0.2, -0.15) is 28.1 Å². The van der Waals surface area contributed by atoms with Crippen LogP contribution in [0.3, 0.4) is 0 Å². The molecule has 1 aliphatic rings. The van der Waals surface area contributed by atoms with Gasteiger partial charge in [-0.3, -0.25) is 4.57 Å². The maximum absolute atomic E-state index is 12.8. The number of hydrogen-bond acceptors (Lipinski definition) is 6. The van der Waals surface area contributed by atoms with E-state index < -0.39 is 11.7 Å². The topological polar surface area (TPSA) is 94.5 Å². The van der Waals surface area contributed by atoms with Gasteiger partial charge >= 0.3 is 6.18 Å². The number of hydrogen-bond donors (Lipinski definition) is 2. The third kappa shape index (κ3) is 3.40. The Bertz CT molecular complexity index is 1230. The van der Waals surface area contributed by atoms with Crippen LogP contribution in [0.2, 0.25) is 0 Å². The van der Waals surface area contributed by atoms with Crippen molar-refractivity contribution in [3.05, 3.63) is 59.9 Å². The Morgan fingerprint density at radius 2 is 1.67 bits per heavy atom. The van der Waals surface area contributed by atoms with Crippen molar-refractivity contribution >= 4 is 28.6 Å². The summed E-state index contributed by atoms with van der Waals surface area (Å²) in [7, 11) is 0. The van der Waals surface area contributed by atoms with Crippen LogP contribution in [0.1, 0.15) is 30.1 Å². The van der Waals surface area contributed by atoms with Gasteiger partial charge in [0, 0.05) is 11.6 Å². The molecule has 30 heavy (non-hydrogen) atoms. The molecule has 0 spiro atoms. The smallest absolute Gasteiger partial charge is 0.368 e. The van der Waals surface area contributed by atoms with Gasteiger partial charge in [0.05, 0.1) is 16.6 Å². The fraction of sp³-hybridized carbons (Fsp3) is 0.200. The minimum absolute atomic E-state index is 0.00561. The lowest BCUT2D eigenvalue weighted by Crippen LogP contribution is -2.11. The molecule has 0 bridgehead atoms. The van der Waals surface area contributed by atoms with Crippen LogP contribution in [0.15, 0.2) is 48.5 Å². The number of rotatable bonds is 4. The number of nitrogens with one attached hydrogen (secondary N) is 1. The standard InChI is InChI=1S/C20H16F3N7/c21-20(22,23)12-7-9-13(10-8-12)25-18-27-17(24)28-19(29-18)30-15-4-2-1-3-14(15)26-16(30)11-5-6-11/h1-4,7-11H,5-6H2,(H3,24,25,27,28,29). The Kier molecular flexibility index (Phi) is 4.09. The lowest BCUT2D eigenvalue weighted by molar-refractivity contribution is -0.137. The second-order valence-corrected chi connectivity index (χ2v) is 7.09. The third-order valence-corrected chi connectivity index (χ3v) is 4.84. The first kappa shape index (κ1) is 18.3. The van der Waals surface area contributed by atoms with Crippen molar-refractivity contribution in [3.63, 3.8) is 0 Å². The van der Waals surface area contributed by atoms with Crippen molar-refractivity contribution < 1.29 is 13.2 Å². The summed E-state index contributed by atoms with van der Waals surface area (Å²) in [5.41, 5.74) is 7.25. The van der Waals surface area contributed by atoms with E-state index in [1.807, 2.05) is 28.8 Å². The van der Waals surface area contributed by atoms with E-state index in [9.17, 15) is 13.2 Å². The predicted molar refractivity (Wildman–Crippen MR) is 106 cm³/mol. The monoisotopic (exact) mass is 411 g/mol. The summed E-state index contributed by atoms with van der Waals surface area (Å²) < 4.78 is 40.2. The van der Waals surface area contributed by atoms with Crippen molar-refractivity contribution in [2.24, 2.45) is 0 Å². The molecule has 7 nitrogen and oxygen atoms in total. The highest BCUT2D eigenvalue weighted by molar-refractivity contribution is 5.78. The molecule has 0 saturated heterocycles. The van der Waals surface area contributed by atoms with Gasteiger partial charge in [-0.1, -0.05) is 12.1 Å². The number of anilines is 3. The molecule has 0 radical (unpaired) electrons.